The molecule has 4 nitrogen and oxygen atoms in total. The van der Waals surface area contributed by atoms with E-state index in [1.807, 2.05) is 30.3 Å². The molecule has 22 heavy (non-hydrogen) atoms. The van der Waals surface area contributed by atoms with E-state index in [9.17, 15) is 8.78 Å². The zero-order valence-electron chi connectivity index (χ0n) is 11.2. The van der Waals surface area contributed by atoms with Crippen molar-refractivity contribution in [1.29, 1.82) is 0 Å². The summed E-state index contributed by atoms with van der Waals surface area (Å²) in [7, 11) is 0. The van der Waals surface area contributed by atoms with Gasteiger partial charge in [-0.05, 0) is 29.9 Å². The molecule has 7 heteroatoms. The fourth-order valence-electron chi connectivity index (χ4n) is 1.89. The highest BCUT2D eigenvalue weighted by atomic mass is 32.1. The Balaban J connectivity index is 1.99. The molecule has 0 atom stereocenters. The van der Waals surface area contributed by atoms with Gasteiger partial charge in [-0.3, -0.25) is 0 Å². The van der Waals surface area contributed by atoms with Gasteiger partial charge in [0.2, 0.25) is 4.77 Å². The normalized spacial score (nSPS) is 11.2. The van der Waals surface area contributed by atoms with Gasteiger partial charge < -0.3 is 0 Å². The zero-order valence-corrected chi connectivity index (χ0v) is 12.0. The number of benzene rings is 2. The van der Waals surface area contributed by atoms with E-state index in [-0.39, 0.29) is 0 Å². The van der Waals surface area contributed by atoms with Crippen molar-refractivity contribution in [2.24, 2.45) is 5.10 Å². The van der Waals surface area contributed by atoms with Crippen LogP contribution in [0.15, 0.2) is 53.6 Å². The van der Waals surface area contributed by atoms with Gasteiger partial charge in [-0.25, -0.2) is 13.9 Å². The monoisotopic (exact) mass is 316 g/mol. The van der Waals surface area contributed by atoms with Crippen LogP contribution in [-0.2, 0) is 0 Å². The van der Waals surface area contributed by atoms with E-state index in [4.69, 9.17) is 12.2 Å². The Morgan fingerprint density at radius 3 is 2.59 bits per heavy atom. The van der Waals surface area contributed by atoms with Crippen molar-refractivity contribution in [2.45, 2.75) is 0 Å². The minimum Gasteiger partial charge on any atom is -0.250 e. The molecular weight excluding hydrogens is 306 g/mol. The van der Waals surface area contributed by atoms with Gasteiger partial charge in [-0.2, -0.15) is 14.9 Å². The average molecular weight is 316 g/mol. The lowest BCUT2D eigenvalue weighted by Crippen LogP contribution is -1.95. The number of H-pyrrole nitrogens is 1. The summed E-state index contributed by atoms with van der Waals surface area (Å²) in [6.45, 7) is 0. The van der Waals surface area contributed by atoms with Gasteiger partial charge in [0.15, 0.2) is 17.5 Å². The summed E-state index contributed by atoms with van der Waals surface area (Å²) in [6.07, 6.45) is 1.39. The summed E-state index contributed by atoms with van der Waals surface area (Å²) in [6, 6.07) is 12.9. The van der Waals surface area contributed by atoms with Crippen LogP contribution in [0.1, 0.15) is 5.56 Å². The first-order valence-electron chi connectivity index (χ1n) is 6.37. The fraction of sp³-hybridized carbons (Fsp3) is 0. The van der Waals surface area contributed by atoms with E-state index in [0.717, 1.165) is 17.7 Å². The molecule has 1 N–H and O–H groups in total. The molecule has 3 rings (SSSR count). The Kier molecular flexibility index (Phi) is 3.88. The van der Waals surface area contributed by atoms with Crippen LogP contribution in [0, 0.1) is 16.4 Å². The van der Waals surface area contributed by atoms with Gasteiger partial charge in [0.05, 0.1) is 6.21 Å². The van der Waals surface area contributed by atoms with Gasteiger partial charge in [0.1, 0.15) is 0 Å². The number of halogens is 2. The van der Waals surface area contributed by atoms with E-state index in [2.05, 4.69) is 15.3 Å². The molecule has 2 aromatic carbocycles. The first kappa shape index (κ1) is 14.3. The minimum atomic E-state index is -0.928. The van der Waals surface area contributed by atoms with Crippen LogP contribution >= 0.6 is 12.2 Å². The van der Waals surface area contributed by atoms with Crippen LogP contribution in [0.2, 0.25) is 0 Å². The number of hydrogen-bond donors (Lipinski definition) is 1. The number of nitrogens with zero attached hydrogens (tertiary/aromatic N) is 3. The molecule has 0 aliphatic carbocycles. The van der Waals surface area contributed by atoms with Gasteiger partial charge in [-0.1, -0.05) is 36.4 Å². The van der Waals surface area contributed by atoms with Crippen LogP contribution in [0.25, 0.3) is 11.4 Å². The highest BCUT2D eigenvalue weighted by Crippen LogP contribution is 2.16. The number of aromatic nitrogens is 3. The predicted molar refractivity (Wildman–Crippen MR) is 82.2 cm³/mol. The highest BCUT2D eigenvalue weighted by Gasteiger charge is 2.07. The van der Waals surface area contributed by atoms with E-state index in [1.54, 1.807) is 0 Å². The van der Waals surface area contributed by atoms with E-state index >= 15 is 0 Å². The molecule has 0 radical (unpaired) electrons. The molecule has 0 amide bonds. The van der Waals surface area contributed by atoms with Gasteiger partial charge in [0.25, 0.3) is 0 Å². The number of nitrogens with one attached hydrogen (secondary N) is 1. The van der Waals surface area contributed by atoms with Crippen LogP contribution in [0.5, 0.6) is 0 Å². The Morgan fingerprint density at radius 1 is 1.09 bits per heavy atom. The third kappa shape index (κ3) is 2.84. The second kappa shape index (κ2) is 5.98. The lowest BCUT2D eigenvalue weighted by atomic mass is 10.2. The maximum absolute atomic E-state index is 13.2. The second-order valence-electron chi connectivity index (χ2n) is 4.45. The van der Waals surface area contributed by atoms with Crippen molar-refractivity contribution >= 4 is 18.4 Å². The van der Waals surface area contributed by atoms with Crippen LogP contribution < -0.4 is 0 Å². The first-order valence-corrected chi connectivity index (χ1v) is 6.78. The summed E-state index contributed by atoms with van der Waals surface area (Å²) in [5.41, 5.74) is 1.25. The molecule has 0 aliphatic heterocycles. The van der Waals surface area contributed by atoms with Crippen LogP contribution in [0.3, 0.4) is 0 Å². The quantitative estimate of drug-likeness (QED) is 0.590. The number of rotatable bonds is 3. The van der Waals surface area contributed by atoms with E-state index in [0.29, 0.717) is 16.2 Å². The SMILES string of the molecule is Fc1ccc(/C=N/n2c(-c3ccccc3)n[nH]c2=S)cc1F. The highest BCUT2D eigenvalue weighted by molar-refractivity contribution is 7.71. The summed E-state index contributed by atoms with van der Waals surface area (Å²) in [4.78, 5) is 0. The third-order valence-electron chi connectivity index (χ3n) is 2.95. The molecule has 1 aromatic heterocycles. The standard InChI is InChI=1S/C15H10F2N4S/c16-12-7-6-10(8-13(12)17)9-18-21-14(19-20-15(21)22)11-4-2-1-3-5-11/h1-9H,(H,20,22)/b18-9+. The smallest absolute Gasteiger partial charge is 0.216 e. The minimum absolute atomic E-state index is 0.303. The third-order valence-corrected chi connectivity index (χ3v) is 3.21. The second-order valence-corrected chi connectivity index (χ2v) is 4.84. The van der Waals surface area contributed by atoms with Crippen molar-refractivity contribution < 1.29 is 8.78 Å². The lowest BCUT2D eigenvalue weighted by molar-refractivity contribution is 0.508. The summed E-state index contributed by atoms with van der Waals surface area (Å²) in [5.74, 6) is -1.30. The van der Waals surface area contributed by atoms with Crippen molar-refractivity contribution in [1.82, 2.24) is 14.9 Å². The first-order chi connectivity index (χ1) is 10.6. The predicted octanol–water partition coefficient (Wildman–Crippen LogP) is 3.77. The topological polar surface area (TPSA) is 46.0 Å². The zero-order chi connectivity index (χ0) is 15.5. The van der Waals surface area contributed by atoms with Crippen molar-refractivity contribution in [2.75, 3.05) is 0 Å². The van der Waals surface area contributed by atoms with Crippen molar-refractivity contribution in [3.8, 4) is 11.4 Å². The van der Waals surface area contributed by atoms with Crippen molar-refractivity contribution in [3.63, 3.8) is 0 Å². The fourth-order valence-corrected chi connectivity index (χ4v) is 2.07. The van der Waals surface area contributed by atoms with Gasteiger partial charge in [-0.15, -0.1) is 0 Å². The Bertz CT molecular complexity index is 884. The van der Waals surface area contributed by atoms with Crippen LogP contribution in [-0.4, -0.2) is 21.1 Å². The van der Waals surface area contributed by atoms with Gasteiger partial charge in [0, 0.05) is 5.56 Å². The molecule has 0 fully saturated rings. The summed E-state index contributed by atoms with van der Waals surface area (Å²) >= 11 is 5.13. The molecule has 0 saturated carbocycles. The molecule has 3 aromatic rings. The summed E-state index contributed by atoms with van der Waals surface area (Å²) < 4.78 is 27.8. The molecule has 0 saturated heterocycles. The molecule has 0 bridgehead atoms. The lowest BCUT2D eigenvalue weighted by Gasteiger charge is -2.00. The Morgan fingerprint density at radius 2 is 1.86 bits per heavy atom. The Labute approximate surface area is 129 Å². The van der Waals surface area contributed by atoms with Gasteiger partial charge >= 0.3 is 0 Å². The number of hydrogen-bond acceptors (Lipinski definition) is 3. The largest absolute Gasteiger partial charge is 0.250 e. The average Bonchev–Trinajstić information content (AvgIpc) is 2.90. The Hall–Kier alpha value is -2.67. The molecule has 1 heterocycles. The maximum Gasteiger partial charge on any atom is 0.216 e. The van der Waals surface area contributed by atoms with Crippen LogP contribution in [0.4, 0.5) is 8.78 Å². The molecule has 0 spiro atoms. The van der Waals surface area contributed by atoms with Crippen molar-refractivity contribution in [3.05, 3.63) is 70.5 Å². The maximum atomic E-state index is 13.2. The molecule has 110 valence electrons. The van der Waals surface area contributed by atoms with E-state index in [1.165, 1.54) is 17.0 Å². The number of aromatic amines is 1. The summed E-state index contributed by atoms with van der Waals surface area (Å²) in [5, 5.41) is 11.0. The van der Waals surface area contributed by atoms with E-state index < -0.39 is 11.6 Å². The molecule has 0 unspecified atom stereocenters. The molecular formula is C15H10F2N4S. The molecule has 0 aliphatic rings.